The standard InChI is InChI=1S/C18H17ClN2O2S/c1-3-11-21-16-14(19)5-4-6-15(16)24-18(21)20-17(22)12-7-9-13(23-2)10-8-12/h4-10H,3,11H2,1-2H3. The molecule has 0 unspecified atom stereocenters. The second-order valence-corrected chi connectivity index (χ2v) is 6.68. The van der Waals surface area contributed by atoms with E-state index in [0.29, 0.717) is 21.1 Å². The van der Waals surface area contributed by atoms with E-state index < -0.39 is 0 Å². The first-order valence-corrected chi connectivity index (χ1v) is 8.84. The average molecular weight is 361 g/mol. The molecule has 4 nitrogen and oxygen atoms in total. The Bertz CT molecular complexity index is 942. The summed E-state index contributed by atoms with van der Waals surface area (Å²) in [6, 6.07) is 12.7. The number of nitrogens with zero attached hydrogens (tertiary/aromatic N) is 2. The molecule has 1 amide bonds. The van der Waals surface area contributed by atoms with E-state index in [4.69, 9.17) is 16.3 Å². The van der Waals surface area contributed by atoms with Crippen molar-refractivity contribution in [3.05, 3.63) is 57.9 Å². The molecule has 6 heteroatoms. The molecule has 0 fully saturated rings. The number of carbonyl (C=O) groups is 1. The van der Waals surface area contributed by atoms with Gasteiger partial charge in [0.2, 0.25) is 0 Å². The summed E-state index contributed by atoms with van der Waals surface area (Å²) in [5.41, 5.74) is 1.47. The molecule has 0 aliphatic carbocycles. The number of hydrogen-bond donors (Lipinski definition) is 0. The SMILES string of the molecule is CCCn1c(=NC(=O)c2ccc(OC)cc2)sc2cccc(Cl)c21. The van der Waals surface area contributed by atoms with Gasteiger partial charge in [-0.3, -0.25) is 4.79 Å². The number of rotatable bonds is 4. The van der Waals surface area contributed by atoms with E-state index in [9.17, 15) is 4.79 Å². The highest BCUT2D eigenvalue weighted by Gasteiger charge is 2.11. The highest BCUT2D eigenvalue weighted by Crippen LogP contribution is 2.25. The van der Waals surface area contributed by atoms with Crippen molar-refractivity contribution in [2.75, 3.05) is 7.11 Å². The molecular weight excluding hydrogens is 344 g/mol. The van der Waals surface area contributed by atoms with Crippen LogP contribution in [0.3, 0.4) is 0 Å². The third kappa shape index (κ3) is 3.23. The van der Waals surface area contributed by atoms with E-state index in [1.165, 1.54) is 11.3 Å². The molecule has 0 saturated heterocycles. The Morgan fingerprint density at radius 1 is 1.25 bits per heavy atom. The van der Waals surface area contributed by atoms with E-state index in [1.807, 2.05) is 22.8 Å². The first kappa shape index (κ1) is 16.7. The average Bonchev–Trinajstić information content (AvgIpc) is 2.94. The van der Waals surface area contributed by atoms with Crippen LogP contribution in [0.2, 0.25) is 5.02 Å². The lowest BCUT2D eigenvalue weighted by Crippen LogP contribution is -2.17. The number of thiazole rings is 1. The van der Waals surface area contributed by atoms with Crippen molar-refractivity contribution in [1.82, 2.24) is 4.57 Å². The molecule has 0 aliphatic heterocycles. The molecule has 0 radical (unpaired) electrons. The minimum atomic E-state index is -0.273. The highest BCUT2D eigenvalue weighted by molar-refractivity contribution is 7.16. The lowest BCUT2D eigenvalue weighted by molar-refractivity contribution is 0.0998. The van der Waals surface area contributed by atoms with Crippen molar-refractivity contribution in [3.8, 4) is 5.75 Å². The van der Waals surface area contributed by atoms with Gasteiger partial charge in [0.05, 0.1) is 22.3 Å². The van der Waals surface area contributed by atoms with Gasteiger partial charge in [-0.05, 0) is 42.8 Å². The molecule has 0 spiro atoms. The molecular formula is C18H17ClN2O2S. The minimum absolute atomic E-state index is 0.273. The van der Waals surface area contributed by atoms with E-state index in [1.54, 1.807) is 31.4 Å². The summed E-state index contributed by atoms with van der Waals surface area (Å²) in [6.07, 6.45) is 0.932. The number of halogens is 1. The van der Waals surface area contributed by atoms with Crippen molar-refractivity contribution in [2.45, 2.75) is 19.9 Å². The third-order valence-electron chi connectivity index (χ3n) is 3.63. The van der Waals surface area contributed by atoms with Gasteiger partial charge < -0.3 is 9.30 Å². The Kier molecular flexibility index (Phi) is 5.02. The number of aromatic nitrogens is 1. The molecule has 3 rings (SSSR count). The predicted octanol–water partition coefficient (Wildman–Crippen LogP) is 4.52. The van der Waals surface area contributed by atoms with Crippen LogP contribution >= 0.6 is 22.9 Å². The molecule has 3 aromatic rings. The molecule has 0 N–H and O–H groups in total. The summed E-state index contributed by atoms with van der Waals surface area (Å²) in [7, 11) is 1.59. The molecule has 0 bridgehead atoms. The molecule has 1 aromatic heterocycles. The maximum Gasteiger partial charge on any atom is 0.279 e. The van der Waals surface area contributed by atoms with Crippen LogP contribution < -0.4 is 9.54 Å². The first-order chi connectivity index (χ1) is 11.6. The van der Waals surface area contributed by atoms with Gasteiger partial charge in [0, 0.05) is 12.1 Å². The van der Waals surface area contributed by atoms with Crippen molar-refractivity contribution >= 4 is 39.1 Å². The Hall–Kier alpha value is -2.11. The van der Waals surface area contributed by atoms with Gasteiger partial charge in [-0.2, -0.15) is 4.99 Å². The first-order valence-electron chi connectivity index (χ1n) is 7.65. The van der Waals surface area contributed by atoms with Crippen molar-refractivity contribution in [2.24, 2.45) is 4.99 Å². The van der Waals surface area contributed by atoms with Crippen LogP contribution in [0.15, 0.2) is 47.5 Å². The zero-order valence-corrected chi connectivity index (χ0v) is 15.0. The van der Waals surface area contributed by atoms with E-state index >= 15 is 0 Å². The summed E-state index contributed by atoms with van der Waals surface area (Å²) >= 11 is 7.82. The van der Waals surface area contributed by atoms with Gasteiger partial charge in [0.25, 0.3) is 5.91 Å². The number of benzene rings is 2. The fourth-order valence-corrected chi connectivity index (χ4v) is 3.90. The fourth-order valence-electron chi connectivity index (χ4n) is 2.49. The van der Waals surface area contributed by atoms with E-state index in [-0.39, 0.29) is 5.91 Å². The third-order valence-corrected chi connectivity index (χ3v) is 4.98. The van der Waals surface area contributed by atoms with E-state index in [2.05, 4.69) is 11.9 Å². The summed E-state index contributed by atoms with van der Waals surface area (Å²) in [5, 5.41) is 0.676. The molecule has 1 heterocycles. The quantitative estimate of drug-likeness (QED) is 0.686. The number of aryl methyl sites for hydroxylation is 1. The van der Waals surface area contributed by atoms with Crippen LogP contribution in [0.1, 0.15) is 23.7 Å². The molecule has 124 valence electrons. The zero-order chi connectivity index (χ0) is 17.1. The monoisotopic (exact) mass is 360 g/mol. The lowest BCUT2D eigenvalue weighted by Gasteiger charge is -2.04. The number of para-hydroxylation sites is 1. The topological polar surface area (TPSA) is 43.6 Å². The number of hydrogen-bond acceptors (Lipinski definition) is 3. The molecule has 2 aromatic carbocycles. The molecule has 24 heavy (non-hydrogen) atoms. The normalized spacial score (nSPS) is 11.9. The Morgan fingerprint density at radius 2 is 2.00 bits per heavy atom. The maximum absolute atomic E-state index is 12.5. The van der Waals surface area contributed by atoms with Crippen LogP contribution in [0.25, 0.3) is 10.2 Å². The lowest BCUT2D eigenvalue weighted by atomic mass is 10.2. The highest BCUT2D eigenvalue weighted by atomic mass is 35.5. The molecule has 0 atom stereocenters. The summed E-state index contributed by atoms with van der Waals surface area (Å²) in [5.74, 6) is 0.437. The number of methoxy groups -OCH3 is 1. The number of carbonyl (C=O) groups excluding carboxylic acids is 1. The number of amides is 1. The summed E-state index contributed by atoms with van der Waals surface area (Å²) < 4.78 is 8.16. The Labute approximate surface area is 149 Å². The molecule has 0 saturated carbocycles. The van der Waals surface area contributed by atoms with Gasteiger partial charge in [-0.1, -0.05) is 35.9 Å². The summed E-state index contributed by atoms with van der Waals surface area (Å²) in [6.45, 7) is 2.85. The molecule has 0 aliphatic rings. The van der Waals surface area contributed by atoms with Crippen LogP contribution in [-0.4, -0.2) is 17.6 Å². The minimum Gasteiger partial charge on any atom is -0.497 e. The van der Waals surface area contributed by atoms with Gasteiger partial charge in [0.15, 0.2) is 4.80 Å². The Morgan fingerprint density at radius 3 is 2.67 bits per heavy atom. The van der Waals surface area contributed by atoms with Gasteiger partial charge in [-0.15, -0.1) is 0 Å². The number of fused-ring (bicyclic) bond motifs is 1. The second kappa shape index (κ2) is 7.20. The zero-order valence-electron chi connectivity index (χ0n) is 13.5. The van der Waals surface area contributed by atoms with Crippen LogP contribution in [-0.2, 0) is 6.54 Å². The predicted molar refractivity (Wildman–Crippen MR) is 98.0 cm³/mol. The van der Waals surface area contributed by atoms with Crippen molar-refractivity contribution < 1.29 is 9.53 Å². The second-order valence-electron chi connectivity index (χ2n) is 5.27. The fraction of sp³-hybridized carbons (Fsp3) is 0.222. The number of ether oxygens (including phenoxy) is 1. The van der Waals surface area contributed by atoms with Crippen molar-refractivity contribution in [3.63, 3.8) is 0 Å². The van der Waals surface area contributed by atoms with Crippen molar-refractivity contribution in [1.29, 1.82) is 0 Å². The maximum atomic E-state index is 12.5. The van der Waals surface area contributed by atoms with Gasteiger partial charge >= 0.3 is 0 Å². The van der Waals surface area contributed by atoms with Crippen LogP contribution in [0.5, 0.6) is 5.75 Å². The largest absolute Gasteiger partial charge is 0.497 e. The smallest absolute Gasteiger partial charge is 0.279 e. The van der Waals surface area contributed by atoms with Crippen LogP contribution in [0, 0.1) is 0 Å². The van der Waals surface area contributed by atoms with E-state index in [0.717, 1.165) is 23.2 Å². The Balaban J connectivity index is 2.09. The van der Waals surface area contributed by atoms with Gasteiger partial charge in [0.1, 0.15) is 5.75 Å². The van der Waals surface area contributed by atoms with Crippen LogP contribution in [0.4, 0.5) is 0 Å². The van der Waals surface area contributed by atoms with Gasteiger partial charge in [-0.25, -0.2) is 0 Å². The summed E-state index contributed by atoms with van der Waals surface area (Å²) in [4.78, 5) is 17.5.